The SMILES string of the molecule is O=C(Nc1cccc(Cl)c1)c1ccc(N2CCCCC2)c(S(=O)(=O)N2CCCCC2)c1. The van der Waals surface area contributed by atoms with Gasteiger partial charge in [0.15, 0.2) is 0 Å². The van der Waals surface area contributed by atoms with Gasteiger partial charge in [0.1, 0.15) is 4.90 Å². The Bertz CT molecular complexity index is 1050. The molecule has 0 bridgehead atoms. The Hall–Kier alpha value is -2.09. The molecule has 4 rings (SSSR count). The van der Waals surface area contributed by atoms with Gasteiger partial charge in [-0.25, -0.2) is 8.42 Å². The van der Waals surface area contributed by atoms with Crippen molar-refractivity contribution in [1.82, 2.24) is 4.31 Å². The molecule has 1 N–H and O–H groups in total. The second kappa shape index (κ2) is 9.59. The summed E-state index contributed by atoms with van der Waals surface area (Å²) in [6, 6.07) is 11.9. The third kappa shape index (κ3) is 5.05. The van der Waals surface area contributed by atoms with Gasteiger partial charge in [0.05, 0.1) is 5.69 Å². The largest absolute Gasteiger partial charge is 0.370 e. The van der Waals surface area contributed by atoms with Crippen LogP contribution in [0.2, 0.25) is 5.02 Å². The maximum atomic E-state index is 13.6. The highest BCUT2D eigenvalue weighted by Gasteiger charge is 2.31. The van der Waals surface area contributed by atoms with Gasteiger partial charge in [0.2, 0.25) is 10.0 Å². The molecule has 0 radical (unpaired) electrons. The zero-order valence-corrected chi connectivity index (χ0v) is 19.1. The summed E-state index contributed by atoms with van der Waals surface area (Å²) in [4.78, 5) is 15.3. The number of anilines is 2. The fourth-order valence-corrected chi connectivity index (χ4v) is 6.22. The number of halogens is 1. The maximum absolute atomic E-state index is 13.6. The van der Waals surface area contributed by atoms with Gasteiger partial charge in [-0.3, -0.25) is 4.79 Å². The van der Waals surface area contributed by atoms with E-state index in [1.807, 2.05) is 0 Å². The summed E-state index contributed by atoms with van der Waals surface area (Å²) in [5, 5.41) is 3.33. The molecular formula is C23H28ClN3O3S. The maximum Gasteiger partial charge on any atom is 0.255 e. The molecule has 166 valence electrons. The molecule has 0 aromatic heterocycles. The van der Waals surface area contributed by atoms with E-state index in [-0.39, 0.29) is 10.8 Å². The Labute approximate surface area is 189 Å². The van der Waals surface area contributed by atoms with Crippen molar-refractivity contribution in [3.05, 3.63) is 53.1 Å². The van der Waals surface area contributed by atoms with Crippen LogP contribution in [-0.4, -0.2) is 44.8 Å². The van der Waals surface area contributed by atoms with Crippen LogP contribution in [0, 0.1) is 0 Å². The first kappa shape index (κ1) is 22.1. The highest BCUT2D eigenvalue weighted by atomic mass is 35.5. The standard InChI is InChI=1S/C23H28ClN3O3S/c24-19-8-7-9-20(17-19)25-23(28)18-10-11-21(26-12-3-1-4-13-26)22(16-18)31(29,30)27-14-5-2-6-15-27/h7-11,16-17H,1-6,12-15H2,(H,25,28). The summed E-state index contributed by atoms with van der Waals surface area (Å²) in [6.45, 7) is 2.72. The number of sulfonamides is 1. The summed E-state index contributed by atoms with van der Waals surface area (Å²) in [5.74, 6) is -0.359. The van der Waals surface area contributed by atoms with Crippen LogP contribution >= 0.6 is 11.6 Å². The van der Waals surface area contributed by atoms with E-state index in [4.69, 9.17) is 11.6 Å². The lowest BCUT2D eigenvalue weighted by Crippen LogP contribution is -2.37. The predicted octanol–water partition coefficient (Wildman–Crippen LogP) is 4.76. The number of nitrogens with zero attached hydrogens (tertiary/aromatic N) is 2. The molecule has 2 aromatic rings. The molecule has 0 aliphatic carbocycles. The molecule has 31 heavy (non-hydrogen) atoms. The molecule has 6 nitrogen and oxygen atoms in total. The van der Waals surface area contributed by atoms with Gasteiger partial charge in [0.25, 0.3) is 5.91 Å². The van der Waals surface area contributed by atoms with Crippen molar-refractivity contribution in [1.29, 1.82) is 0 Å². The number of hydrogen-bond donors (Lipinski definition) is 1. The summed E-state index contributed by atoms with van der Waals surface area (Å²) in [7, 11) is -3.69. The van der Waals surface area contributed by atoms with Gasteiger partial charge >= 0.3 is 0 Å². The third-order valence-corrected chi connectivity index (χ3v) is 8.10. The first-order valence-corrected chi connectivity index (χ1v) is 12.7. The van der Waals surface area contributed by atoms with Crippen LogP contribution in [-0.2, 0) is 10.0 Å². The molecule has 2 aromatic carbocycles. The van der Waals surface area contributed by atoms with Gasteiger partial charge < -0.3 is 10.2 Å². The van der Waals surface area contributed by atoms with E-state index in [0.717, 1.165) is 51.6 Å². The van der Waals surface area contributed by atoms with Crippen molar-refractivity contribution in [2.75, 3.05) is 36.4 Å². The fourth-order valence-electron chi connectivity index (χ4n) is 4.27. The van der Waals surface area contributed by atoms with Gasteiger partial charge in [-0.2, -0.15) is 4.31 Å². The lowest BCUT2D eigenvalue weighted by atomic mass is 10.1. The van der Waals surface area contributed by atoms with Gasteiger partial charge in [-0.1, -0.05) is 24.1 Å². The van der Waals surface area contributed by atoms with Crippen molar-refractivity contribution in [3.8, 4) is 0 Å². The van der Waals surface area contributed by atoms with Gasteiger partial charge in [-0.05, 0) is 68.5 Å². The van der Waals surface area contributed by atoms with Crippen LogP contribution in [0.25, 0.3) is 0 Å². The van der Waals surface area contributed by atoms with E-state index in [2.05, 4.69) is 10.2 Å². The van der Waals surface area contributed by atoms with Gasteiger partial charge in [-0.15, -0.1) is 0 Å². The molecule has 2 aliphatic heterocycles. The third-order valence-electron chi connectivity index (χ3n) is 5.93. The van der Waals surface area contributed by atoms with Crippen LogP contribution in [0.15, 0.2) is 47.4 Å². The molecule has 0 atom stereocenters. The van der Waals surface area contributed by atoms with E-state index >= 15 is 0 Å². The quantitative estimate of drug-likeness (QED) is 0.697. The highest BCUT2D eigenvalue weighted by Crippen LogP contribution is 2.32. The number of nitrogens with one attached hydrogen (secondary N) is 1. The Morgan fingerprint density at radius 3 is 2.23 bits per heavy atom. The molecule has 2 heterocycles. The lowest BCUT2D eigenvalue weighted by molar-refractivity contribution is 0.102. The van der Waals surface area contributed by atoms with Crippen LogP contribution in [0.4, 0.5) is 11.4 Å². The second-order valence-electron chi connectivity index (χ2n) is 8.16. The molecule has 2 fully saturated rings. The van der Waals surface area contributed by atoms with Crippen molar-refractivity contribution < 1.29 is 13.2 Å². The number of rotatable bonds is 5. The summed E-state index contributed by atoms with van der Waals surface area (Å²) in [5.41, 5.74) is 1.58. The molecule has 0 unspecified atom stereocenters. The monoisotopic (exact) mass is 461 g/mol. The van der Waals surface area contributed by atoms with E-state index in [9.17, 15) is 13.2 Å². The topological polar surface area (TPSA) is 69.7 Å². The Balaban J connectivity index is 1.69. The minimum Gasteiger partial charge on any atom is -0.370 e. The fraction of sp³-hybridized carbons (Fsp3) is 0.435. The van der Waals surface area contributed by atoms with Crippen LogP contribution in [0.1, 0.15) is 48.9 Å². The number of carbonyl (C=O) groups excluding carboxylic acids is 1. The van der Waals surface area contributed by atoms with E-state index < -0.39 is 10.0 Å². The summed E-state index contributed by atoms with van der Waals surface area (Å²) < 4.78 is 28.7. The van der Waals surface area contributed by atoms with Crippen molar-refractivity contribution in [2.45, 2.75) is 43.4 Å². The van der Waals surface area contributed by atoms with E-state index in [0.29, 0.717) is 35.1 Å². The Morgan fingerprint density at radius 1 is 0.871 bits per heavy atom. The average molecular weight is 462 g/mol. The van der Waals surface area contributed by atoms with Crippen LogP contribution < -0.4 is 10.2 Å². The van der Waals surface area contributed by atoms with E-state index in [1.54, 1.807) is 40.7 Å². The lowest BCUT2D eigenvalue weighted by Gasteiger charge is -2.33. The first-order chi connectivity index (χ1) is 14.9. The number of amides is 1. The minimum absolute atomic E-state index is 0.232. The van der Waals surface area contributed by atoms with Crippen molar-refractivity contribution in [2.24, 2.45) is 0 Å². The van der Waals surface area contributed by atoms with Gasteiger partial charge in [0, 0.05) is 42.5 Å². The molecular weight excluding hydrogens is 434 g/mol. The van der Waals surface area contributed by atoms with E-state index in [1.165, 1.54) is 6.07 Å². The molecule has 8 heteroatoms. The first-order valence-electron chi connectivity index (χ1n) is 10.9. The molecule has 2 aliphatic rings. The summed E-state index contributed by atoms with van der Waals surface area (Å²) >= 11 is 6.01. The Morgan fingerprint density at radius 2 is 1.55 bits per heavy atom. The zero-order chi connectivity index (χ0) is 21.8. The molecule has 0 saturated carbocycles. The second-order valence-corrected chi connectivity index (χ2v) is 10.5. The number of piperidine rings is 2. The number of benzene rings is 2. The van der Waals surface area contributed by atoms with Crippen molar-refractivity contribution >= 4 is 38.9 Å². The van der Waals surface area contributed by atoms with Crippen LogP contribution in [0.5, 0.6) is 0 Å². The Kier molecular flexibility index (Phi) is 6.84. The number of carbonyl (C=O) groups is 1. The highest BCUT2D eigenvalue weighted by molar-refractivity contribution is 7.89. The summed E-state index contributed by atoms with van der Waals surface area (Å²) in [6.07, 6.45) is 6.03. The zero-order valence-electron chi connectivity index (χ0n) is 17.5. The van der Waals surface area contributed by atoms with Crippen LogP contribution in [0.3, 0.4) is 0 Å². The van der Waals surface area contributed by atoms with Crippen molar-refractivity contribution in [3.63, 3.8) is 0 Å². The molecule has 1 amide bonds. The molecule has 0 spiro atoms. The smallest absolute Gasteiger partial charge is 0.255 e. The molecule has 2 saturated heterocycles. The minimum atomic E-state index is -3.69. The average Bonchev–Trinajstić information content (AvgIpc) is 2.80. The normalized spacial score (nSPS) is 18.0. The number of hydrogen-bond acceptors (Lipinski definition) is 4. The predicted molar refractivity (Wildman–Crippen MR) is 125 cm³/mol.